The number of nitrogens with zero attached hydrogens (tertiary/aromatic N) is 1. The lowest BCUT2D eigenvalue weighted by Crippen LogP contribution is -2.37. The third-order valence-electron chi connectivity index (χ3n) is 2.23. The van der Waals surface area contributed by atoms with Crippen molar-refractivity contribution in [1.29, 1.82) is 0 Å². The van der Waals surface area contributed by atoms with E-state index >= 15 is 0 Å². The molecule has 0 atom stereocenters. The maximum atomic E-state index is 12.2. The van der Waals surface area contributed by atoms with Crippen molar-refractivity contribution in [3.63, 3.8) is 0 Å². The highest BCUT2D eigenvalue weighted by molar-refractivity contribution is 7.91. The number of sulfonamides is 1. The van der Waals surface area contributed by atoms with Crippen LogP contribution in [0.15, 0.2) is 16.3 Å². The quantitative estimate of drug-likeness (QED) is 0.727. The summed E-state index contributed by atoms with van der Waals surface area (Å²) in [6, 6.07) is 2.99. The van der Waals surface area contributed by atoms with E-state index in [1.165, 1.54) is 13.1 Å². The summed E-state index contributed by atoms with van der Waals surface area (Å²) in [5.74, 6) is -0.347. The SMILES string of the molecule is CCNC(=O)CN(C)S(=O)(=O)c1ccc(C(N)=S)s1. The normalized spacial score (nSPS) is 11.5. The maximum absolute atomic E-state index is 12.2. The Morgan fingerprint density at radius 2 is 2.16 bits per heavy atom. The standard InChI is InChI=1S/C10H15N3O3S3/c1-3-12-8(14)6-13(2)19(15,16)9-5-4-7(18-9)10(11)17/h4-5H,3,6H2,1-2H3,(H2,11,17)(H,12,14). The first-order chi connectivity index (χ1) is 8.78. The molecule has 3 N–H and O–H groups in total. The molecule has 0 bridgehead atoms. The van der Waals surface area contributed by atoms with Crippen LogP contribution in [0.4, 0.5) is 0 Å². The largest absolute Gasteiger partial charge is 0.389 e. The molecule has 0 aromatic carbocycles. The number of nitrogens with two attached hydrogens (primary N) is 1. The Kier molecular flexibility index (Phi) is 5.41. The van der Waals surface area contributed by atoms with Crippen LogP contribution in [-0.4, -0.2) is 43.8 Å². The van der Waals surface area contributed by atoms with Gasteiger partial charge in [0.15, 0.2) is 0 Å². The van der Waals surface area contributed by atoms with E-state index in [0.717, 1.165) is 15.6 Å². The molecule has 106 valence electrons. The van der Waals surface area contributed by atoms with Crippen molar-refractivity contribution < 1.29 is 13.2 Å². The topological polar surface area (TPSA) is 92.5 Å². The molecule has 0 radical (unpaired) electrons. The molecule has 1 rings (SSSR count). The van der Waals surface area contributed by atoms with Crippen molar-refractivity contribution in [3.05, 3.63) is 17.0 Å². The van der Waals surface area contributed by atoms with Gasteiger partial charge in [0.25, 0.3) is 10.0 Å². The van der Waals surface area contributed by atoms with E-state index in [2.05, 4.69) is 5.32 Å². The minimum atomic E-state index is -3.69. The highest BCUT2D eigenvalue weighted by Crippen LogP contribution is 2.24. The Bertz CT molecular complexity index is 580. The minimum absolute atomic E-state index is 0.113. The molecular formula is C10H15N3O3S3. The van der Waals surface area contributed by atoms with E-state index in [0.29, 0.717) is 11.4 Å². The second-order valence-electron chi connectivity index (χ2n) is 3.70. The molecule has 0 saturated carbocycles. The molecule has 19 heavy (non-hydrogen) atoms. The monoisotopic (exact) mass is 321 g/mol. The smallest absolute Gasteiger partial charge is 0.252 e. The minimum Gasteiger partial charge on any atom is -0.389 e. The first kappa shape index (κ1) is 16.0. The Balaban J connectivity index is 2.90. The molecule has 1 amide bonds. The molecule has 0 saturated heterocycles. The summed E-state index contributed by atoms with van der Waals surface area (Å²) >= 11 is 5.77. The molecule has 0 fully saturated rings. The van der Waals surface area contributed by atoms with Crippen LogP contribution in [0.2, 0.25) is 0 Å². The van der Waals surface area contributed by atoms with Gasteiger partial charge in [0.1, 0.15) is 9.20 Å². The van der Waals surface area contributed by atoms with Crippen LogP contribution in [0.1, 0.15) is 11.8 Å². The number of hydrogen-bond acceptors (Lipinski definition) is 5. The van der Waals surface area contributed by atoms with Crippen molar-refractivity contribution in [2.45, 2.75) is 11.1 Å². The third-order valence-corrected chi connectivity index (χ3v) is 5.97. The number of nitrogens with one attached hydrogen (secondary N) is 1. The number of hydrogen-bond donors (Lipinski definition) is 2. The number of thiophene rings is 1. The van der Waals surface area contributed by atoms with Gasteiger partial charge in [-0.1, -0.05) is 12.2 Å². The zero-order valence-corrected chi connectivity index (χ0v) is 13.0. The van der Waals surface area contributed by atoms with Gasteiger partial charge >= 0.3 is 0 Å². The van der Waals surface area contributed by atoms with E-state index in [1.54, 1.807) is 13.0 Å². The molecule has 1 aromatic rings. The van der Waals surface area contributed by atoms with Crippen LogP contribution in [0.25, 0.3) is 0 Å². The number of carbonyl (C=O) groups excluding carboxylic acids is 1. The first-order valence-electron chi connectivity index (χ1n) is 5.41. The first-order valence-corrected chi connectivity index (χ1v) is 8.08. The summed E-state index contributed by atoms with van der Waals surface area (Å²) in [5.41, 5.74) is 5.44. The van der Waals surface area contributed by atoms with Gasteiger partial charge in [-0.05, 0) is 19.1 Å². The van der Waals surface area contributed by atoms with Crippen molar-refractivity contribution in [2.24, 2.45) is 5.73 Å². The highest BCUT2D eigenvalue weighted by Gasteiger charge is 2.24. The number of likely N-dealkylation sites (N-methyl/N-ethyl adjacent to an activating group) is 2. The molecular weight excluding hydrogens is 306 g/mol. The third kappa shape index (κ3) is 3.96. The van der Waals surface area contributed by atoms with Gasteiger partial charge in [-0.15, -0.1) is 11.3 Å². The summed E-state index contributed by atoms with van der Waals surface area (Å²) in [5, 5.41) is 2.54. The highest BCUT2D eigenvalue weighted by atomic mass is 32.2. The molecule has 0 aliphatic heterocycles. The molecule has 6 nitrogen and oxygen atoms in total. The number of amides is 1. The summed E-state index contributed by atoms with van der Waals surface area (Å²) in [7, 11) is -2.34. The van der Waals surface area contributed by atoms with Gasteiger partial charge in [-0.25, -0.2) is 8.42 Å². The second-order valence-corrected chi connectivity index (χ2v) is 7.49. The Morgan fingerprint density at radius 3 is 2.63 bits per heavy atom. The summed E-state index contributed by atoms with van der Waals surface area (Å²) in [6.45, 7) is 1.99. The summed E-state index contributed by atoms with van der Waals surface area (Å²) in [4.78, 5) is 12.1. The predicted octanol–water partition coefficient (Wildman–Crippen LogP) is 0.139. The summed E-state index contributed by atoms with van der Waals surface area (Å²) in [6.07, 6.45) is 0. The molecule has 0 unspecified atom stereocenters. The Hall–Kier alpha value is -1.03. The Labute approximate surface area is 121 Å². The fourth-order valence-corrected chi connectivity index (χ4v) is 3.97. The van der Waals surface area contributed by atoms with Crippen LogP contribution in [0, 0.1) is 0 Å². The van der Waals surface area contributed by atoms with Gasteiger partial charge in [0, 0.05) is 13.6 Å². The van der Waals surface area contributed by atoms with Gasteiger partial charge in [0.05, 0.1) is 11.4 Å². The van der Waals surface area contributed by atoms with Gasteiger partial charge in [-0.3, -0.25) is 4.79 Å². The van der Waals surface area contributed by atoms with Crippen LogP contribution in [0.5, 0.6) is 0 Å². The van der Waals surface area contributed by atoms with Crippen molar-refractivity contribution >= 4 is 44.5 Å². The maximum Gasteiger partial charge on any atom is 0.252 e. The van der Waals surface area contributed by atoms with E-state index in [4.69, 9.17) is 18.0 Å². The lowest BCUT2D eigenvalue weighted by molar-refractivity contribution is -0.121. The van der Waals surface area contributed by atoms with Crippen molar-refractivity contribution in [1.82, 2.24) is 9.62 Å². The van der Waals surface area contributed by atoms with E-state index < -0.39 is 10.0 Å². The van der Waals surface area contributed by atoms with Gasteiger partial charge in [-0.2, -0.15) is 4.31 Å². The lowest BCUT2D eigenvalue weighted by atomic mass is 10.5. The van der Waals surface area contributed by atoms with Crippen LogP contribution >= 0.6 is 23.6 Å². The number of thiocarbonyl (C=S) groups is 1. The van der Waals surface area contributed by atoms with Crippen molar-refractivity contribution in [2.75, 3.05) is 20.1 Å². The second kappa shape index (κ2) is 6.42. The molecule has 1 heterocycles. The van der Waals surface area contributed by atoms with Crippen molar-refractivity contribution in [3.8, 4) is 0 Å². The number of carbonyl (C=O) groups is 1. The molecule has 0 aliphatic rings. The Morgan fingerprint density at radius 1 is 1.53 bits per heavy atom. The fourth-order valence-electron chi connectivity index (χ4n) is 1.29. The van der Waals surface area contributed by atoms with Crippen LogP contribution in [0.3, 0.4) is 0 Å². The average Bonchev–Trinajstić information content (AvgIpc) is 2.78. The lowest BCUT2D eigenvalue weighted by Gasteiger charge is -2.15. The zero-order chi connectivity index (χ0) is 14.6. The predicted molar refractivity (Wildman–Crippen MR) is 78.7 cm³/mol. The van der Waals surface area contributed by atoms with Crippen LogP contribution in [-0.2, 0) is 14.8 Å². The molecule has 9 heteroatoms. The summed E-state index contributed by atoms with van der Waals surface area (Å²) < 4.78 is 25.5. The van der Waals surface area contributed by atoms with Gasteiger partial charge in [0.2, 0.25) is 5.91 Å². The van der Waals surface area contributed by atoms with Crippen LogP contribution < -0.4 is 11.1 Å². The van der Waals surface area contributed by atoms with E-state index in [-0.39, 0.29) is 21.6 Å². The fraction of sp³-hybridized carbons (Fsp3) is 0.400. The zero-order valence-electron chi connectivity index (χ0n) is 10.5. The molecule has 0 aliphatic carbocycles. The molecule has 0 spiro atoms. The van der Waals surface area contributed by atoms with E-state index in [9.17, 15) is 13.2 Å². The van der Waals surface area contributed by atoms with Gasteiger partial charge < -0.3 is 11.1 Å². The van der Waals surface area contributed by atoms with E-state index in [1.807, 2.05) is 0 Å². The molecule has 1 aromatic heterocycles. The average molecular weight is 321 g/mol. The number of rotatable bonds is 6.